The van der Waals surface area contributed by atoms with Gasteiger partial charge in [0.15, 0.2) is 0 Å². The molecular formula is C16H23NO3S. The molecule has 0 aromatic heterocycles. The molecule has 2 atom stereocenters. The lowest BCUT2D eigenvalue weighted by molar-refractivity contribution is 0.0569. The minimum absolute atomic E-state index is 0.0381. The average Bonchev–Trinajstić information content (AvgIpc) is 3.25. The van der Waals surface area contributed by atoms with E-state index in [1.54, 1.807) is 0 Å². The maximum absolute atomic E-state index is 12.6. The van der Waals surface area contributed by atoms with Gasteiger partial charge in [-0.25, -0.2) is 13.1 Å². The first-order valence-electron chi connectivity index (χ1n) is 7.69. The van der Waals surface area contributed by atoms with E-state index in [-0.39, 0.29) is 17.2 Å². The summed E-state index contributed by atoms with van der Waals surface area (Å²) in [5.41, 5.74) is 2.44. The lowest BCUT2D eigenvalue weighted by Gasteiger charge is -2.31. The van der Waals surface area contributed by atoms with Gasteiger partial charge in [-0.05, 0) is 43.7 Å². The molecule has 1 N–H and O–H groups in total. The highest BCUT2D eigenvalue weighted by Crippen LogP contribution is 2.28. The first-order valence-corrected chi connectivity index (χ1v) is 9.24. The standard InChI is InChI=1S/C16H23NO3S/c1-12-4-2-3-5-13(12)10-14-11-20-9-8-16(14)21(18,19)17-15-6-7-15/h2-5,14-17H,6-11H2,1H3/t14-,16-/m0/s1. The molecule has 1 aliphatic carbocycles. The van der Waals surface area contributed by atoms with E-state index in [1.807, 2.05) is 12.1 Å². The fourth-order valence-electron chi connectivity index (χ4n) is 3.02. The third-order valence-corrected chi connectivity index (χ3v) is 6.53. The van der Waals surface area contributed by atoms with Crippen molar-refractivity contribution in [2.75, 3.05) is 13.2 Å². The van der Waals surface area contributed by atoms with Gasteiger partial charge in [0, 0.05) is 18.6 Å². The van der Waals surface area contributed by atoms with Crippen LogP contribution in [0, 0.1) is 12.8 Å². The van der Waals surface area contributed by atoms with Crippen LogP contribution in [0.4, 0.5) is 0 Å². The molecule has 2 aliphatic rings. The van der Waals surface area contributed by atoms with Crippen LogP contribution in [0.5, 0.6) is 0 Å². The van der Waals surface area contributed by atoms with Crippen molar-refractivity contribution in [2.24, 2.45) is 5.92 Å². The van der Waals surface area contributed by atoms with Gasteiger partial charge >= 0.3 is 0 Å². The highest BCUT2D eigenvalue weighted by atomic mass is 32.2. The van der Waals surface area contributed by atoms with E-state index in [0.717, 1.165) is 19.3 Å². The molecule has 3 rings (SSSR count). The Morgan fingerprint density at radius 1 is 1.24 bits per heavy atom. The molecule has 1 aromatic rings. The first-order chi connectivity index (χ1) is 10.1. The first kappa shape index (κ1) is 15.0. The number of nitrogens with one attached hydrogen (secondary N) is 1. The van der Waals surface area contributed by atoms with Crippen molar-refractivity contribution in [3.05, 3.63) is 35.4 Å². The minimum atomic E-state index is -3.23. The van der Waals surface area contributed by atoms with E-state index in [1.165, 1.54) is 11.1 Å². The van der Waals surface area contributed by atoms with E-state index in [9.17, 15) is 8.42 Å². The van der Waals surface area contributed by atoms with Crippen LogP contribution < -0.4 is 4.72 Å². The molecule has 1 heterocycles. The van der Waals surface area contributed by atoms with Crippen LogP contribution in [-0.4, -0.2) is 32.9 Å². The van der Waals surface area contributed by atoms with Gasteiger partial charge in [-0.1, -0.05) is 24.3 Å². The maximum Gasteiger partial charge on any atom is 0.215 e. The summed E-state index contributed by atoms with van der Waals surface area (Å²) in [6, 6.07) is 8.36. The molecule has 5 heteroatoms. The molecule has 116 valence electrons. The van der Waals surface area contributed by atoms with Crippen LogP contribution in [0.15, 0.2) is 24.3 Å². The van der Waals surface area contributed by atoms with Gasteiger partial charge in [0.25, 0.3) is 0 Å². The highest BCUT2D eigenvalue weighted by Gasteiger charge is 2.39. The zero-order chi connectivity index (χ0) is 14.9. The molecule has 4 nitrogen and oxygen atoms in total. The van der Waals surface area contributed by atoms with Gasteiger partial charge in [-0.2, -0.15) is 0 Å². The smallest absolute Gasteiger partial charge is 0.215 e. The zero-order valence-corrected chi connectivity index (χ0v) is 13.2. The van der Waals surface area contributed by atoms with Crippen LogP contribution in [0.2, 0.25) is 0 Å². The van der Waals surface area contributed by atoms with Crippen LogP contribution in [0.3, 0.4) is 0 Å². The summed E-state index contributed by atoms with van der Waals surface area (Å²) in [6.45, 7) is 3.15. The van der Waals surface area contributed by atoms with E-state index >= 15 is 0 Å². The Morgan fingerprint density at radius 2 is 2.00 bits per heavy atom. The van der Waals surface area contributed by atoms with Crippen molar-refractivity contribution in [3.63, 3.8) is 0 Å². The molecule has 0 radical (unpaired) electrons. The summed E-state index contributed by atoms with van der Waals surface area (Å²) in [5, 5.41) is -0.327. The van der Waals surface area contributed by atoms with Crippen molar-refractivity contribution in [1.82, 2.24) is 4.72 Å². The van der Waals surface area contributed by atoms with Crippen LogP contribution in [0.25, 0.3) is 0 Å². The molecule has 1 aliphatic heterocycles. The number of ether oxygens (including phenoxy) is 1. The summed E-state index contributed by atoms with van der Waals surface area (Å²) >= 11 is 0. The summed E-state index contributed by atoms with van der Waals surface area (Å²) in [6.07, 6.45) is 3.32. The van der Waals surface area contributed by atoms with Crippen molar-refractivity contribution in [2.45, 2.75) is 43.9 Å². The third-order valence-electron chi connectivity index (χ3n) is 4.45. The number of hydrogen-bond donors (Lipinski definition) is 1. The topological polar surface area (TPSA) is 55.4 Å². The fourth-order valence-corrected chi connectivity index (χ4v) is 4.98. The number of benzene rings is 1. The third kappa shape index (κ3) is 3.65. The molecule has 0 bridgehead atoms. The summed E-state index contributed by atoms with van der Waals surface area (Å²) in [4.78, 5) is 0. The summed E-state index contributed by atoms with van der Waals surface area (Å²) in [5.74, 6) is 0.0381. The molecule has 1 aromatic carbocycles. The zero-order valence-electron chi connectivity index (χ0n) is 12.4. The highest BCUT2D eigenvalue weighted by molar-refractivity contribution is 7.90. The lowest BCUT2D eigenvalue weighted by Crippen LogP contribution is -2.45. The number of rotatable bonds is 5. The Balaban J connectivity index is 1.76. The molecular weight excluding hydrogens is 286 g/mol. The number of aryl methyl sites for hydroxylation is 1. The van der Waals surface area contributed by atoms with Crippen molar-refractivity contribution in [3.8, 4) is 0 Å². The van der Waals surface area contributed by atoms with E-state index in [0.29, 0.717) is 19.6 Å². The average molecular weight is 309 g/mol. The molecule has 21 heavy (non-hydrogen) atoms. The molecule has 0 spiro atoms. The minimum Gasteiger partial charge on any atom is -0.381 e. The molecule has 1 saturated heterocycles. The van der Waals surface area contributed by atoms with Crippen molar-refractivity contribution in [1.29, 1.82) is 0 Å². The van der Waals surface area contributed by atoms with Gasteiger partial charge < -0.3 is 4.74 Å². The lowest BCUT2D eigenvalue weighted by atomic mass is 9.91. The van der Waals surface area contributed by atoms with Crippen LogP contribution >= 0.6 is 0 Å². The quantitative estimate of drug-likeness (QED) is 0.905. The Bertz CT molecular complexity index is 595. The largest absolute Gasteiger partial charge is 0.381 e. The van der Waals surface area contributed by atoms with Gasteiger partial charge in [-0.15, -0.1) is 0 Å². The van der Waals surface area contributed by atoms with Gasteiger partial charge in [-0.3, -0.25) is 0 Å². The summed E-state index contributed by atoms with van der Waals surface area (Å²) < 4.78 is 33.5. The second-order valence-corrected chi connectivity index (χ2v) is 8.16. The second kappa shape index (κ2) is 6.07. The molecule has 2 fully saturated rings. The van der Waals surface area contributed by atoms with Gasteiger partial charge in [0.2, 0.25) is 10.0 Å². The Kier molecular flexibility index (Phi) is 4.33. The Morgan fingerprint density at radius 3 is 2.71 bits per heavy atom. The van der Waals surface area contributed by atoms with E-state index in [2.05, 4.69) is 23.8 Å². The van der Waals surface area contributed by atoms with Crippen molar-refractivity contribution >= 4 is 10.0 Å². The Labute approximate surface area is 126 Å². The van der Waals surface area contributed by atoms with E-state index < -0.39 is 10.0 Å². The predicted molar refractivity (Wildman–Crippen MR) is 82.7 cm³/mol. The number of sulfonamides is 1. The SMILES string of the molecule is Cc1ccccc1C[C@H]1COCC[C@@H]1S(=O)(=O)NC1CC1. The number of hydrogen-bond acceptors (Lipinski definition) is 3. The van der Waals surface area contributed by atoms with Crippen LogP contribution in [-0.2, 0) is 21.2 Å². The maximum atomic E-state index is 12.6. The molecule has 0 unspecified atom stereocenters. The van der Waals surface area contributed by atoms with Crippen LogP contribution in [0.1, 0.15) is 30.4 Å². The molecule has 1 saturated carbocycles. The molecule has 0 amide bonds. The summed E-state index contributed by atoms with van der Waals surface area (Å²) in [7, 11) is -3.23. The fraction of sp³-hybridized carbons (Fsp3) is 0.625. The predicted octanol–water partition coefficient (Wildman–Crippen LogP) is 2.02. The van der Waals surface area contributed by atoms with Crippen molar-refractivity contribution < 1.29 is 13.2 Å². The monoisotopic (exact) mass is 309 g/mol. The second-order valence-electron chi connectivity index (χ2n) is 6.23. The Hall–Kier alpha value is -0.910. The normalized spacial score (nSPS) is 26.7. The van der Waals surface area contributed by atoms with E-state index in [4.69, 9.17) is 4.74 Å². The van der Waals surface area contributed by atoms with Gasteiger partial charge in [0.05, 0.1) is 11.9 Å². The van der Waals surface area contributed by atoms with Gasteiger partial charge in [0.1, 0.15) is 0 Å².